The molecule has 0 unspecified atom stereocenters. The lowest BCUT2D eigenvalue weighted by atomic mass is 10.1. The van der Waals surface area contributed by atoms with Gasteiger partial charge in [-0.1, -0.05) is 12.1 Å². The number of non-ortho nitro benzene ring substituents is 2. The maximum Gasteiger partial charge on any atom is 0.297 e. The molecule has 27 heteroatoms. The Hall–Kier alpha value is -7.43. The minimum absolute atomic E-state index is 0.00134. The molecule has 302 valence electrons. The predicted molar refractivity (Wildman–Crippen MR) is 204 cm³/mol. The number of phenolic OH excluding ortho intramolecular Hbond substituents is 2. The summed E-state index contributed by atoms with van der Waals surface area (Å²) in [5.74, 6) is -1.62. The van der Waals surface area contributed by atoms with Crippen molar-refractivity contribution in [2.24, 2.45) is 30.7 Å². The highest BCUT2D eigenvalue weighted by molar-refractivity contribution is 7.86. The fraction of sp³-hybridized carbons (Fsp3) is 0. The first kappa shape index (κ1) is 41.2. The van der Waals surface area contributed by atoms with E-state index in [0.717, 1.165) is 48.5 Å². The van der Waals surface area contributed by atoms with Crippen molar-refractivity contribution < 1.29 is 59.0 Å². The number of hydrogen-bond acceptors (Lipinski definition) is 19. The first-order chi connectivity index (χ1) is 27.5. The van der Waals surface area contributed by atoms with Crippen LogP contribution in [-0.2, 0) is 30.4 Å². The first-order valence-corrected chi connectivity index (χ1v) is 19.9. The van der Waals surface area contributed by atoms with Gasteiger partial charge in [0.05, 0.1) is 32.3 Å². The number of nitrogens with zero attached hydrogens (tertiary/aromatic N) is 8. The number of nitrogen functional groups attached to an aromatic ring is 1. The Kier molecular flexibility index (Phi) is 10.6. The van der Waals surface area contributed by atoms with Gasteiger partial charge in [0.15, 0.2) is 11.5 Å². The Morgan fingerprint density at radius 3 is 1.61 bits per heavy atom. The smallest absolute Gasteiger partial charge is 0.297 e. The van der Waals surface area contributed by atoms with E-state index >= 15 is 0 Å². The standard InChI is InChI=1S/C32H21N9O15S3/c33-28-27-16(2-9-23(32(27)43)37-36-22-10-8-20(41(46)47)14-24(22)57(48,49)50)12-25(58(51,52)53)29(28)38-35-18-3-1-15-11-26(59(54,55)56)30(31(42)21(15)13-18)39-34-17-4-6-19(7-5-17)40(44)45/h1-14,42-43H,33H2,(H,48,49,50)(H,51,52,53)(H,54,55,56). The molecule has 59 heavy (non-hydrogen) atoms. The number of rotatable bonds is 11. The lowest BCUT2D eigenvalue weighted by Gasteiger charge is -2.12. The number of benzene rings is 6. The van der Waals surface area contributed by atoms with E-state index < -0.39 is 101 Å². The topological polar surface area (TPSA) is 390 Å². The van der Waals surface area contributed by atoms with E-state index in [1.165, 1.54) is 30.3 Å². The molecule has 0 radical (unpaired) electrons. The maximum absolute atomic E-state index is 12.5. The summed E-state index contributed by atoms with van der Waals surface area (Å²) in [5, 5.41) is 66.6. The van der Waals surface area contributed by atoms with Crippen molar-refractivity contribution in [3.05, 3.63) is 105 Å². The van der Waals surface area contributed by atoms with Gasteiger partial charge in [0.1, 0.15) is 37.4 Å². The van der Waals surface area contributed by atoms with Crippen molar-refractivity contribution in [2.75, 3.05) is 5.73 Å². The zero-order valence-corrected chi connectivity index (χ0v) is 31.2. The van der Waals surface area contributed by atoms with E-state index in [9.17, 15) is 69.4 Å². The van der Waals surface area contributed by atoms with Crippen LogP contribution in [0.15, 0.2) is 130 Å². The molecular weight excluding hydrogens is 847 g/mol. The van der Waals surface area contributed by atoms with E-state index in [0.29, 0.717) is 6.07 Å². The zero-order chi connectivity index (χ0) is 43.2. The minimum Gasteiger partial charge on any atom is -0.505 e. The number of anilines is 1. The Bertz CT molecular complexity index is 3230. The fourth-order valence-electron chi connectivity index (χ4n) is 5.39. The number of aromatic hydroxyl groups is 2. The van der Waals surface area contributed by atoms with Gasteiger partial charge in [-0.15, -0.1) is 20.5 Å². The van der Waals surface area contributed by atoms with Gasteiger partial charge in [0, 0.05) is 29.7 Å². The van der Waals surface area contributed by atoms with Crippen LogP contribution in [0.25, 0.3) is 21.5 Å². The molecular formula is C32H21N9O15S3. The monoisotopic (exact) mass is 867 g/mol. The molecule has 0 saturated carbocycles. The summed E-state index contributed by atoms with van der Waals surface area (Å²) in [6.45, 7) is 0. The molecule has 0 spiro atoms. The lowest BCUT2D eigenvalue weighted by molar-refractivity contribution is -0.385. The second-order valence-electron chi connectivity index (χ2n) is 11.9. The van der Waals surface area contributed by atoms with E-state index in [4.69, 9.17) is 5.73 Å². The summed E-state index contributed by atoms with van der Waals surface area (Å²) in [7, 11) is -15.2. The van der Waals surface area contributed by atoms with E-state index in [1.54, 1.807) is 0 Å². The van der Waals surface area contributed by atoms with Crippen LogP contribution in [0.3, 0.4) is 0 Å². The van der Waals surface area contributed by atoms with Gasteiger partial charge < -0.3 is 15.9 Å². The van der Waals surface area contributed by atoms with Crippen LogP contribution < -0.4 is 5.73 Å². The molecule has 0 saturated heterocycles. The van der Waals surface area contributed by atoms with Crippen LogP contribution in [-0.4, -0.2) is 59.0 Å². The van der Waals surface area contributed by atoms with Crippen LogP contribution in [0.5, 0.6) is 11.5 Å². The van der Waals surface area contributed by atoms with Gasteiger partial charge in [0.25, 0.3) is 41.7 Å². The molecule has 0 aromatic heterocycles. The quantitative estimate of drug-likeness (QED) is 0.0238. The van der Waals surface area contributed by atoms with Crippen molar-refractivity contribution in [1.29, 1.82) is 0 Å². The number of nitro groups is 2. The Balaban J connectivity index is 1.44. The van der Waals surface area contributed by atoms with E-state index in [2.05, 4.69) is 30.7 Å². The minimum atomic E-state index is -5.11. The van der Waals surface area contributed by atoms with Crippen LogP contribution in [0.4, 0.5) is 51.2 Å². The molecule has 6 aromatic carbocycles. The third-order valence-corrected chi connectivity index (χ3v) is 10.7. The van der Waals surface area contributed by atoms with Crippen molar-refractivity contribution >= 4 is 103 Å². The number of nitrogens with two attached hydrogens (primary N) is 1. The van der Waals surface area contributed by atoms with Crippen molar-refractivity contribution in [2.45, 2.75) is 14.7 Å². The average Bonchev–Trinajstić information content (AvgIpc) is 3.15. The molecule has 0 heterocycles. The van der Waals surface area contributed by atoms with Crippen LogP contribution in [0, 0.1) is 20.2 Å². The summed E-state index contributed by atoms with van der Waals surface area (Å²) in [6, 6.07) is 14.4. The van der Waals surface area contributed by atoms with Crippen LogP contribution in [0.2, 0.25) is 0 Å². The molecule has 0 atom stereocenters. The van der Waals surface area contributed by atoms with Gasteiger partial charge in [0.2, 0.25) is 0 Å². The Morgan fingerprint density at radius 1 is 0.508 bits per heavy atom. The van der Waals surface area contributed by atoms with Gasteiger partial charge in [-0.05, 0) is 59.3 Å². The normalized spacial score (nSPS) is 12.7. The van der Waals surface area contributed by atoms with Crippen molar-refractivity contribution in [3.8, 4) is 11.5 Å². The molecule has 7 N–H and O–H groups in total. The van der Waals surface area contributed by atoms with E-state index in [-0.39, 0.29) is 38.6 Å². The third kappa shape index (κ3) is 8.49. The second kappa shape index (κ2) is 15.1. The highest BCUT2D eigenvalue weighted by Crippen LogP contribution is 2.47. The molecule has 0 amide bonds. The molecule has 6 rings (SSSR count). The van der Waals surface area contributed by atoms with Gasteiger partial charge >= 0.3 is 0 Å². The maximum atomic E-state index is 12.5. The van der Waals surface area contributed by atoms with Crippen molar-refractivity contribution in [3.63, 3.8) is 0 Å². The van der Waals surface area contributed by atoms with Crippen LogP contribution in [0.1, 0.15) is 0 Å². The van der Waals surface area contributed by atoms with Gasteiger partial charge in [-0.2, -0.15) is 35.5 Å². The van der Waals surface area contributed by atoms with Gasteiger partial charge in [-0.25, -0.2) is 0 Å². The molecule has 24 nitrogen and oxygen atoms in total. The molecule has 0 fully saturated rings. The number of nitro benzene ring substituents is 2. The number of fused-ring (bicyclic) bond motifs is 2. The molecule has 0 aliphatic heterocycles. The average molecular weight is 868 g/mol. The summed E-state index contributed by atoms with van der Waals surface area (Å²) in [6.07, 6.45) is 0. The molecule has 0 aliphatic carbocycles. The van der Waals surface area contributed by atoms with Crippen LogP contribution >= 0.6 is 0 Å². The number of phenols is 2. The highest BCUT2D eigenvalue weighted by atomic mass is 32.2. The summed E-state index contributed by atoms with van der Waals surface area (Å²) in [4.78, 5) is 17.7. The summed E-state index contributed by atoms with van der Waals surface area (Å²) >= 11 is 0. The van der Waals surface area contributed by atoms with Gasteiger partial charge in [-0.3, -0.25) is 33.9 Å². The highest BCUT2D eigenvalue weighted by Gasteiger charge is 2.25. The Labute approximate surface area is 328 Å². The first-order valence-electron chi connectivity index (χ1n) is 15.6. The van der Waals surface area contributed by atoms with E-state index in [1.807, 2.05) is 0 Å². The third-order valence-electron chi connectivity index (χ3n) is 8.11. The second-order valence-corrected chi connectivity index (χ2v) is 16.0. The molecule has 6 aromatic rings. The molecule has 0 aliphatic rings. The number of azo groups is 3. The zero-order valence-electron chi connectivity index (χ0n) is 28.8. The molecule has 0 bridgehead atoms. The largest absolute Gasteiger partial charge is 0.505 e. The summed E-state index contributed by atoms with van der Waals surface area (Å²) < 4.78 is 103. The lowest BCUT2D eigenvalue weighted by Crippen LogP contribution is -2.01. The SMILES string of the molecule is Nc1c(N=Nc2ccc3cc(S(=O)(=O)O)c(N=Nc4ccc([N+](=O)[O-])cc4)c(O)c3c2)c(S(=O)(=O)O)cc2ccc(N=Nc3ccc([N+](=O)[O-])cc3S(=O)(=O)O)c(O)c12. The van der Waals surface area contributed by atoms with Crippen molar-refractivity contribution in [1.82, 2.24) is 0 Å². The summed E-state index contributed by atoms with van der Waals surface area (Å²) in [5.41, 5.74) is 2.07. The predicted octanol–water partition coefficient (Wildman–Crippen LogP) is 7.79. The fourth-order valence-corrected chi connectivity index (χ4v) is 7.37. The number of hydrogen-bond donors (Lipinski definition) is 6. The Morgan fingerprint density at radius 2 is 1.00 bits per heavy atom.